The molecule has 1 aromatic rings. The number of phenolic OH excluding ortho intramolecular Hbond substituents is 1. The second-order valence-corrected chi connectivity index (χ2v) is 10.0. The molecule has 0 amide bonds. The maximum absolute atomic E-state index is 13.5. The van der Waals surface area contributed by atoms with E-state index in [1.165, 1.54) is 6.08 Å². The fraction of sp³-hybridized carbons (Fsp3) is 0.556. The van der Waals surface area contributed by atoms with Gasteiger partial charge < -0.3 is 23.2 Å². The molecule has 7 nitrogen and oxygen atoms in total. The minimum Gasteiger partial charge on any atom is -0.507 e. The van der Waals surface area contributed by atoms with E-state index in [0.29, 0.717) is 16.7 Å². The van der Waals surface area contributed by atoms with Gasteiger partial charge in [0.2, 0.25) is 0 Å². The molecular formula is C18H30O7P2. The Morgan fingerprint density at radius 1 is 0.852 bits per heavy atom. The maximum Gasteiger partial charge on any atom is 0.369 e. The third-order valence-electron chi connectivity index (χ3n) is 3.57. The largest absolute Gasteiger partial charge is 0.507 e. The Kier molecular flexibility index (Phi) is 9.43. The van der Waals surface area contributed by atoms with Crippen molar-refractivity contribution in [3.63, 3.8) is 0 Å². The van der Waals surface area contributed by atoms with Crippen LogP contribution in [0.4, 0.5) is 0 Å². The van der Waals surface area contributed by atoms with E-state index >= 15 is 0 Å². The molecule has 0 fully saturated rings. The van der Waals surface area contributed by atoms with E-state index in [1.54, 1.807) is 53.7 Å². The lowest BCUT2D eigenvalue weighted by atomic mass is 10.1. The highest BCUT2D eigenvalue weighted by Gasteiger charge is 2.45. The first-order valence-electron chi connectivity index (χ1n) is 8.98. The third kappa shape index (κ3) is 6.02. The van der Waals surface area contributed by atoms with Crippen LogP contribution >= 0.6 is 15.2 Å². The summed E-state index contributed by atoms with van der Waals surface area (Å²) in [7, 11) is -7.86. The summed E-state index contributed by atoms with van der Waals surface area (Å²) in [6.45, 7) is 10.6. The predicted octanol–water partition coefficient (Wildman–Crippen LogP) is 5.84. The molecular weight excluding hydrogens is 390 g/mol. The molecule has 0 aliphatic rings. The summed E-state index contributed by atoms with van der Waals surface area (Å²) in [6, 6.07) is 3.37. The van der Waals surface area contributed by atoms with Crippen molar-refractivity contribution in [3.8, 4) is 5.75 Å². The summed E-state index contributed by atoms with van der Waals surface area (Å²) < 4.78 is 48.6. The molecule has 1 N–H and O–H groups in total. The summed E-state index contributed by atoms with van der Waals surface area (Å²) in [5, 5.41) is 9.85. The number of aromatic hydroxyl groups is 1. The zero-order valence-corrected chi connectivity index (χ0v) is 18.6. The Bertz CT molecular complexity index is 683. The monoisotopic (exact) mass is 420 g/mol. The van der Waals surface area contributed by atoms with E-state index in [4.69, 9.17) is 18.1 Å². The fourth-order valence-electron chi connectivity index (χ4n) is 2.55. The van der Waals surface area contributed by atoms with Crippen LogP contribution in [-0.4, -0.2) is 31.5 Å². The van der Waals surface area contributed by atoms with Crippen molar-refractivity contribution in [1.29, 1.82) is 0 Å². The van der Waals surface area contributed by atoms with Gasteiger partial charge in [-0.15, -0.1) is 0 Å². The zero-order valence-electron chi connectivity index (χ0n) is 16.9. The van der Waals surface area contributed by atoms with Gasteiger partial charge in [0.05, 0.1) is 26.4 Å². The number of phenols is 1. The van der Waals surface area contributed by atoms with E-state index in [2.05, 4.69) is 0 Å². The first kappa shape index (κ1) is 24.1. The fourth-order valence-corrected chi connectivity index (χ4v) is 7.09. The summed E-state index contributed by atoms with van der Waals surface area (Å²) in [5.74, 6) is 0.171. The van der Waals surface area contributed by atoms with Crippen LogP contribution in [0, 0.1) is 13.8 Å². The molecule has 0 bridgehead atoms. The summed E-state index contributed by atoms with van der Waals surface area (Å²) in [5.41, 5.74) is 1.84. The van der Waals surface area contributed by atoms with Gasteiger partial charge in [-0.2, -0.15) is 0 Å². The molecule has 0 unspecified atom stereocenters. The van der Waals surface area contributed by atoms with Gasteiger partial charge in [-0.05, 0) is 76.4 Å². The van der Waals surface area contributed by atoms with E-state index in [-0.39, 0.29) is 37.2 Å². The Labute approximate surface area is 161 Å². The van der Waals surface area contributed by atoms with Crippen LogP contribution in [-0.2, 0) is 27.2 Å². The number of aryl methyl sites for hydroxylation is 2. The second kappa shape index (κ2) is 10.6. The summed E-state index contributed by atoms with van der Waals surface area (Å²) in [6.07, 6.45) is 1.46. The molecule has 9 heteroatoms. The molecule has 0 aromatic heterocycles. The summed E-state index contributed by atoms with van der Waals surface area (Å²) in [4.78, 5) is 0. The van der Waals surface area contributed by atoms with Crippen LogP contribution in [0.5, 0.6) is 5.75 Å². The molecule has 1 aromatic carbocycles. The molecule has 0 radical (unpaired) electrons. The minimum absolute atomic E-state index is 0.0977. The highest BCUT2D eigenvalue weighted by molar-refractivity contribution is 7.79. The van der Waals surface area contributed by atoms with Crippen LogP contribution in [0.1, 0.15) is 44.4 Å². The average Bonchev–Trinajstić information content (AvgIpc) is 2.58. The number of hydrogen-bond donors (Lipinski definition) is 1. The van der Waals surface area contributed by atoms with Crippen LogP contribution in [0.15, 0.2) is 17.2 Å². The van der Waals surface area contributed by atoms with Crippen LogP contribution < -0.4 is 0 Å². The van der Waals surface area contributed by atoms with Gasteiger partial charge in [0.15, 0.2) is 5.06 Å². The van der Waals surface area contributed by atoms with E-state index < -0.39 is 15.2 Å². The molecule has 0 aliphatic heterocycles. The first-order valence-corrected chi connectivity index (χ1v) is 12.1. The quantitative estimate of drug-likeness (QED) is 0.450. The number of benzene rings is 1. The third-order valence-corrected chi connectivity index (χ3v) is 8.81. The Morgan fingerprint density at radius 2 is 1.19 bits per heavy atom. The molecule has 0 heterocycles. The van der Waals surface area contributed by atoms with Crippen molar-refractivity contribution in [1.82, 2.24) is 0 Å². The molecule has 154 valence electrons. The van der Waals surface area contributed by atoms with Gasteiger partial charge in [-0.25, -0.2) is 0 Å². The topological polar surface area (TPSA) is 91.3 Å². The van der Waals surface area contributed by atoms with Crippen LogP contribution in [0.3, 0.4) is 0 Å². The lowest BCUT2D eigenvalue weighted by Gasteiger charge is -2.26. The van der Waals surface area contributed by atoms with Crippen molar-refractivity contribution in [2.45, 2.75) is 41.5 Å². The van der Waals surface area contributed by atoms with E-state index in [0.717, 1.165) is 0 Å². The van der Waals surface area contributed by atoms with Crippen LogP contribution in [0.25, 0.3) is 6.08 Å². The minimum atomic E-state index is -3.93. The van der Waals surface area contributed by atoms with Gasteiger partial charge in [-0.1, -0.05) is 0 Å². The highest BCUT2D eigenvalue weighted by Crippen LogP contribution is 2.74. The SMILES string of the molecule is CCOP(=O)(OCC)C(=Cc1cc(C)c(O)c(C)c1)P(=O)(OCC)OCC. The van der Waals surface area contributed by atoms with E-state index in [9.17, 15) is 14.2 Å². The van der Waals surface area contributed by atoms with Gasteiger partial charge in [-0.3, -0.25) is 9.13 Å². The first-order chi connectivity index (χ1) is 12.7. The molecule has 27 heavy (non-hydrogen) atoms. The van der Waals surface area contributed by atoms with E-state index in [1.807, 2.05) is 0 Å². The zero-order chi connectivity index (χ0) is 20.7. The average molecular weight is 420 g/mol. The Balaban J connectivity index is 3.72. The van der Waals surface area contributed by atoms with Crippen molar-refractivity contribution >= 4 is 21.3 Å². The van der Waals surface area contributed by atoms with Crippen molar-refractivity contribution in [3.05, 3.63) is 33.9 Å². The van der Waals surface area contributed by atoms with Crippen molar-refractivity contribution < 1.29 is 32.3 Å². The standard InChI is InChI=1S/C18H30O7P2/c1-7-22-26(20,23-8-2)17(27(21,24-9-3)25-10-4)13-16-11-14(5)18(19)15(6)12-16/h11-13,19H,7-10H2,1-6H3. The Hall–Kier alpha value is -0.940. The maximum atomic E-state index is 13.5. The smallest absolute Gasteiger partial charge is 0.369 e. The highest BCUT2D eigenvalue weighted by atomic mass is 31.2. The predicted molar refractivity (Wildman–Crippen MR) is 107 cm³/mol. The van der Waals surface area contributed by atoms with Crippen molar-refractivity contribution in [2.24, 2.45) is 0 Å². The molecule has 1 rings (SSSR count). The van der Waals surface area contributed by atoms with Gasteiger partial charge in [0.1, 0.15) is 5.75 Å². The van der Waals surface area contributed by atoms with Crippen LogP contribution in [0.2, 0.25) is 0 Å². The number of hydrogen-bond acceptors (Lipinski definition) is 7. The molecule has 0 saturated carbocycles. The molecule has 0 spiro atoms. The molecule has 0 atom stereocenters. The number of rotatable bonds is 11. The summed E-state index contributed by atoms with van der Waals surface area (Å²) >= 11 is 0. The second-order valence-electron chi connectivity index (χ2n) is 5.67. The Morgan fingerprint density at radius 3 is 1.48 bits per heavy atom. The van der Waals surface area contributed by atoms with Gasteiger partial charge in [0, 0.05) is 0 Å². The normalized spacial score (nSPS) is 12.2. The lowest BCUT2D eigenvalue weighted by Crippen LogP contribution is -2.05. The van der Waals surface area contributed by atoms with Crippen molar-refractivity contribution in [2.75, 3.05) is 26.4 Å². The van der Waals surface area contributed by atoms with Gasteiger partial charge >= 0.3 is 15.2 Å². The van der Waals surface area contributed by atoms with Gasteiger partial charge in [0.25, 0.3) is 0 Å². The molecule has 0 aliphatic carbocycles. The lowest BCUT2D eigenvalue weighted by molar-refractivity contribution is 0.214. The molecule has 0 saturated heterocycles.